The Hall–Kier alpha value is 0.470. The lowest BCUT2D eigenvalue weighted by Gasteiger charge is -1.95. The molecule has 0 N–H and O–H groups in total. The van der Waals surface area contributed by atoms with Crippen molar-refractivity contribution < 1.29 is 4.74 Å². The van der Waals surface area contributed by atoms with Crippen molar-refractivity contribution in [3.63, 3.8) is 0 Å². The lowest BCUT2D eigenvalue weighted by Crippen LogP contribution is -1.94. The highest BCUT2D eigenvalue weighted by Gasteiger charge is 1.97. The molecule has 1 aromatic heterocycles. The number of rotatable bonds is 1. The van der Waals surface area contributed by atoms with Crippen LogP contribution in [-0.4, -0.2) is 16.9 Å². The van der Waals surface area contributed by atoms with Gasteiger partial charge in [0.1, 0.15) is 0 Å². The number of halogens is 2. The first-order valence-electron chi connectivity index (χ1n) is 2.93. The van der Waals surface area contributed by atoms with E-state index in [0.717, 1.165) is 11.6 Å². The Morgan fingerprint density at radius 2 is 2.09 bits per heavy atom. The van der Waals surface area contributed by atoms with Crippen LogP contribution in [0.3, 0.4) is 0 Å². The maximum Gasteiger partial charge on any atom is 0.211 e. The van der Waals surface area contributed by atoms with Crippen LogP contribution in [0.2, 0.25) is 0 Å². The van der Waals surface area contributed by atoms with Crippen molar-refractivity contribution in [1.29, 1.82) is 0 Å². The molecule has 1 heterocycles. The summed E-state index contributed by atoms with van der Waals surface area (Å²) in [5, 5.41) is 4.07. The minimum absolute atomic E-state index is 0.799. The third kappa shape index (κ3) is 3.59. The highest BCUT2D eigenvalue weighted by Crippen LogP contribution is 2.08. The number of hydrogen-bond donors (Lipinski definition) is 0. The van der Waals surface area contributed by atoms with Crippen LogP contribution in [-0.2, 0) is 7.05 Å². The minimum Gasteiger partial charge on any atom is -0.481 e. The predicted octanol–water partition coefficient (Wildman–Crippen LogP) is 2.51. The van der Waals surface area contributed by atoms with Crippen molar-refractivity contribution in [2.24, 2.45) is 7.05 Å². The lowest BCUT2D eigenvalue weighted by atomic mass is 10.5. The summed E-state index contributed by atoms with van der Waals surface area (Å²) in [5.74, 6) is 0.799. The second kappa shape index (κ2) is 6.04. The van der Waals surface area contributed by atoms with Gasteiger partial charge in [0.25, 0.3) is 0 Å². The molecule has 64 valence electrons. The monoisotopic (exact) mass is 380 g/mol. The first kappa shape index (κ1) is 11.5. The van der Waals surface area contributed by atoms with E-state index in [2.05, 4.69) is 42.3 Å². The Morgan fingerprint density at radius 3 is 2.27 bits per heavy atom. The van der Waals surface area contributed by atoms with Crippen LogP contribution in [0.4, 0.5) is 0 Å². The van der Waals surface area contributed by atoms with Crippen LogP contribution in [0.15, 0.2) is 6.07 Å². The van der Waals surface area contributed by atoms with Crippen molar-refractivity contribution in [2.45, 2.75) is 6.92 Å². The first-order valence-corrected chi connectivity index (χ1v) is 9.21. The molecule has 0 radical (unpaired) electrons. The Morgan fingerprint density at radius 1 is 1.55 bits per heavy atom. The Bertz CT molecular complexity index is 212. The highest BCUT2D eigenvalue weighted by molar-refractivity contribution is 15.0. The van der Waals surface area contributed by atoms with Crippen LogP contribution in [0.25, 0.3) is 0 Å². The highest BCUT2D eigenvalue weighted by atomic mass is 128. The van der Waals surface area contributed by atoms with Gasteiger partial charge in [0, 0.05) is 50.3 Å². The third-order valence-electron chi connectivity index (χ3n) is 1.17. The summed E-state index contributed by atoms with van der Waals surface area (Å²) in [7, 11) is 3.49. The van der Waals surface area contributed by atoms with Gasteiger partial charge in [-0.1, -0.05) is 0 Å². The van der Waals surface area contributed by atoms with E-state index in [0.29, 0.717) is 0 Å². The molecule has 0 aliphatic rings. The van der Waals surface area contributed by atoms with Crippen LogP contribution in [0.1, 0.15) is 5.69 Å². The van der Waals surface area contributed by atoms with E-state index in [-0.39, 0.29) is 0 Å². The smallest absolute Gasteiger partial charge is 0.211 e. The molecule has 0 spiro atoms. The standard InChI is InChI=1S/C6H10N2O.I2/c1-5-4-6(9-3)8(2)7-5;1-2/h4H,1-3H3;. The summed E-state index contributed by atoms with van der Waals surface area (Å²) in [6.45, 7) is 1.93. The summed E-state index contributed by atoms with van der Waals surface area (Å²) >= 11 is 4.24. The van der Waals surface area contributed by atoms with E-state index >= 15 is 0 Å². The average molecular weight is 380 g/mol. The average Bonchev–Trinajstić information content (AvgIpc) is 2.33. The van der Waals surface area contributed by atoms with Gasteiger partial charge in [0.05, 0.1) is 12.8 Å². The maximum absolute atomic E-state index is 4.97. The van der Waals surface area contributed by atoms with Crippen molar-refractivity contribution in [3.05, 3.63) is 11.8 Å². The lowest BCUT2D eigenvalue weighted by molar-refractivity contribution is 0.373. The SMILES string of the molecule is COc1cc(C)nn1C.II. The van der Waals surface area contributed by atoms with Crippen LogP contribution >= 0.6 is 37.2 Å². The predicted molar refractivity (Wildman–Crippen MR) is 62.5 cm³/mol. The largest absolute Gasteiger partial charge is 0.481 e. The molecule has 0 aliphatic carbocycles. The summed E-state index contributed by atoms with van der Waals surface area (Å²) in [5.41, 5.74) is 0.981. The Labute approximate surface area is 89.8 Å². The molecule has 1 rings (SSSR count). The molecule has 3 nitrogen and oxygen atoms in total. The molecule has 11 heavy (non-hydrogen) atoms. The van der Waals surface area contributed by atoms with Gasteiger partial charge in [-0.3, -0.25) is 0 Å². The molecular weight excluding hydrogens is 370 g/mol. The first-order chi connectivity index (χ1) is 5.24. The molecular formula is C6H10I2N2O. The number of aryl methyl sites for hydroxylation is 2. The van der Waals surface area contributed by atoms with Crippen LogP contribution < -0.4 is 4.74 Å². The van der Waals surface area contributed by atoms with Gasteiger partial charge in [0.15, 0.2) is 0 Å². The maximum atomic E-state index is 4.97. The third-order valence-corrected chi connectivity index (χ3v) is 1.17. The van der Waals surface area contributed by atoms with E-state index in [9.17, 15) is 0 Å². The molecule has 0 amide bonds. The summed E-state index contributed by atoms with van der Waals surface area (Å²) in [4.78, 5) is 0. The topological polar surface area (TPSA) is 27.1 Å². The second-order valence-corrected chi connectivity index (χ2v) is 1.95. The van der Waals surface area contributed by atoms with Gasteiger partial charge in [-0.2, -0.15) is 5.10 Å². The Kier molecular flexibility index (Phi) is 6.30. The molecule has 0 saturated heterocycles. The van der Waals surface area contributed by atoms with Gasteiger partial charge in [0.2, 0.25) is 5.88 Å². The number of ether oxygens (including phenoxy) is 1. The molecule has 0 aromatic carbocycles. The van der Waals surface area contributed by atoms with Crippen LogP contribution in [0, 0.1) is 6.92 Å². The summed E-state index contributed by atoms with van der Waals surface area (Å²) in [6.07, 6.45) is 0. The van der Waals surface area contributed by atoms with Crippen molar-refractivity contribution >= 4 is 37.2 Å². The van der Waals surface area contributed by atoms with Gasteiger partial charge in [-0.25, -0.2) is 4.68 Å². The van der Waals surface area contributed by atoms with Crippen molar-refractivity contribution in [2.75, 3.05) is 7.11 Å². The molecule has 0 fully saturated rings. The fourth-order valence-corrected chi connectivity index (χ4v) is 0.778. The van der Waals surface area contributed by atoms with Crippen molar-refractivity contribution in [1.82, 2.24) is 9.78 Å². The number of nitrogens with zero attached hydrogens (tertiary/aromatic N) is 2. The van der Waals surface area contributed by atoms with Crippen LogP contribution in [0.5, 0.6) is 5.88 Å². The Balaban J connectivity index is 0.000000461. The number of methoxy groups -OCH3 is 1. The second-order valence-electron chi connectivity index (χ2n) is 1.95. The molecule has 0 aliphatic heterocycles. The quantitative estimate of drug-likeness (QED) is 0.701. The van der Waals surface area contributed by atoms with Gasteiger partial charge >= 0.3 is 0 Å². The molecule has 1 aromatic rings. The number of hydrogen-bond acceptors (Lipinski definition) is 2. The fourth-order valence-electron chi connectivity index (χ4n) is 0.778. The van der Waals surface area contributed by atoms with E-state index < -0.39 is 0 Å². The van der Waals surface area contributed by atoms with E-state index in [1.54, 1.807) is 11.8 Å². The number of aromatic nitrogens is 2. The summed E-state index contributed by atoms with van der Waals surface area (Å²) < 4.78 is 6.67. The minimum atomic E-state index is 0.799. The molecule has 0 bridgehead atoms. The van der Waals surface area contributed by atoms with Gasteiger partial charge in [-0.05, 0) is 6.92 Å². The summed E-state index contributed by atoms with van der Waals surface area (Å²) in [6, 6.07) is 1.89. The van der Waals surface area contributed by atoms with Gasteiger partial charge in [-0.15, -0.1) is 0 Å². The van der Waals surface area contributed by atoms with Crippen molar-refractivity contribution in [3.8, 4) is 5.88 Å². The zero-order valence-corrected chi connectivity index (χ0v) is 11.0. The zero-order valence-electron chi connectivity index (χ0n) is 6.64. The van der Waals surface area contributed by atoms with E-state index in [1.807, 2.05) is 20.0 Å². The van der Waals surface area contributed by atoms with Gasteiger partial charge < -0.3 is 4.74 Å². The molecule has 0 saturated carbocycles. The molecule has 5 heteroatoms. The molecule has 0 atom stereocenters. The normalized spacial score (nSPS) is 8.45. The van der Waals surface area contributed by atoms with E-state index in [1.165, 1.54) is 0 Å². The fraction of sp³-hybridized carbons (Fsp3) is 0.500. The molecule has 0 unspecified atom stereocenters. The zero-order chi connectivity index (χ0) is 8.85. The van der Waals surface area contributed by atoms with E-state index in [4.69, 9.17) is 4.74 Å².